The number of fused-ring (bicyclic) bond motifs is 3. The van der Waals surface area contributed by atoms with Crippen LogP contribution in [0.25, 0.3) is 20.2 Å². The van der Waals surface area contributed by atoms with Crippen molar-refractivity contribution in [3.05, 3.63) is 48.0 Å². The predicted molar refractivity (Wildman–Crippen MR) is 87.4 cm³/mol. The molecule has 0 aliphatic heterocycles. The number of hydrogen-bond acceptors (Lipinski definition) is 3. The van der Waals surface area contributed by atoms with E-state index in [2.05, 4.69) is 42.5 Å². The standard InChI is InChI=1S/C17H19NOS/c1-11(17(2,19)10-18)12-7-8-16-14(9-12)13-5-3-4-6-15(13)20-16/h3-9,11,19H,10,18H2,1-2H3. The predicted octanol–water partition coefficient (Wildman–Crippen LogP) is 3.87. The van der Waals surface area contributed by atoms with E-state index in [1.165, 1.54) is 20.2 Å². The lowest BCUT2D eigenvalue weighted by Crippen LogP contribution is -2.39. The highest BCUT2D eigenvalue weighted by Gasteiger charge is 2.28. The van der Waals surface area contributed by atoms with Crippen molar-refractivity contribution in [2.45, 2.75) is 25.4 Å². The highest BCUT2D eigenvalue weighted by atomic mass is 32.1. The molecule has 0 radical (unpaired) electrons. The third kappa shape index (κ3) is 2.12. The van der Waals surface area contributed by atoms with Crippen LogP contribution in [0.3, 0.4) is 0 Å². The number of hydrogen-bond donors (Lipinski definition) is 2. The van der Waals surface area contributed by atoms with E-state index in [1.54, 1.807) is 6.92 Å². The molecule has 104 valence electrons. The van der Waals surface area contributed by atoms with Gasteiger partial charge >= 0.3 is 0 Å². The summed E-state index contributed by atoms with van der Waals surface area (Å²) >= 11 is 1.81. The Morgan fingerprint density at radius 2 is 1.85 bits per heavy atom. The number of benzene rings is 2. The molecule has 1 aromatic heterocycles. The normalized spacial score (nSPS) is 16.4. The van der Waals surface area contributed by atoms with Crippen LogP contribution in [-0.4, -0.2) is 17.3 Å². The zero-order chi connectivity index (χ0) is 14.3. The van der Waals surface area contributed by atoms with Gasteiger partial charge in [-0.2, -0.15) is 0 Å². The Kier molecular flexibility index (Phi) is 3.28. The van der Waals surface area contributed by atoms with E-state index in [0.29, 0.717) is 0 Å². The summed E-state index contributed by atoms with van der Waals surface area (Å²) in [6.07, 6.45) is 0. The fraction of sp³-hybridized carbons (Fsp3) is 0.294. The second-order valence-electron chi connectivity index (χ2n) is 5.64. The summed E-state index contributed by atoms with van der Waals surface area (Å²) in [5.41, 5.74) is 5.94. The molecule has 0 aliphatic carbocycles. The van der Waals surface area contributed by atoms with Gasteiger partial charge in [0, 0.05) is 32.6 Å². The van der Waals surface area contributed by atoms with E-state index in [1.807, 2.05) is 18.3 Å². The molecule has 2 unspecified atom stereocenters. The third-order valence-electron chi connectivity index (χ3n) is 4.25. The summed E-state index contributed by atoms with van der Waals surface area (Å²) in [6, 6.07) is 14.9. The molecule has 3 N–H and O–H groups in total. The van der Waals surface area contributed by atoms with Crippen LogP contribution in [0.5, 0.6) is 0 Å². The summed E-state index contributed by atoms with van der Waals surface area (Å²) in [7, 11) is 0. The first-order chi connectivity index (χ1) is 9.53. The third-order valence-corrected chi connectivity index (χ3v) is 5.40. The van der Waals surface area contributed by atoms with Gasteiger partial charge in [-0.15, -0.1) is 11.3 Å². The molecule has 0 saturated heterocycles. The SMILES string of the molecule is CC(c1ccc2sc3ccccc3c2c1)C(C)(O)CN. The molecule has 3 aromatic rings. The first-order valence-corrected chi connectivity index (χ1v) is 7.68. The van der Waals surface area contributed by atoms with Gasteiger partial charge < -0.3 is 10.8 Å². The monoisotopic (exact) mass is 285 g/mol. The van der Waals surface area contributed by atoms with E-state index in [0.717, 1.165) is 5.56 Å². The van der Waals surface area contributed by atoms with Crippen LogP contribution < -0.4 is 5.73 Å². The molecule has 0 bridgehead atoms. The van der Waals surface area contributed by atoms with Gasteiger partial charge in [0.2, 0.25) is 0 Å². The quantitative estimate of drug-likeness (QED) is 0.767. The van der Waals surface area contributed by atoms with Crippen molar-refractivity contribution < 1.29 is 5.11 Å². The molecule has 3 heteroatoms. The van der Waals surface area contributed by atoms with Gasteiger partial charge in [0.25, 0.3) is 0 Å². The van der Waals surface area contributed by atoms with Gasteiger partial charge in [0.1, 0.15) is 0 Å². The average Bonchev–Trinajstić information content (AvgIpc) is 2.84. The molecule has 20 heavy (non-hydrogen) atoms. The molecule has 0 saturated carbocycles. The van der Waals surface area contributed by atoms with Gasteiger partial charge in [-0.25, -0.2) is 0 Å². The lowest BCUT2D eigenvalue weighted by molar-refractivity contribution is 0.0452. The fourth-order valence-electron chi connectivity index (χ4n) is 2.55. The Morgan fingerprint density at radius 1 is 1.15 bits per heavy atom. The van der Waals surface area contributed by atoms with Crippen molar-refractivity contribution in [2.24, 2.45) is 5.73 Å². The zero-order valence-electron chi connectivity index (χ0n) is 11.8. The molecule has 2 nitrogen and oxygen atoms in total. The van der Waals surface area contributed by atoms with Crippen LogP contribution in [0.4, 0.5) is 0 Å². The summed E-state index contributed by atoms with van der Waals surface area (Å²) in [4.78, 5) is 0. The second kappa shape index (κ2) is 4.85. The number of thiophene rings is 1. The second-order valence-corrected chi connectivity index (χ2v) is 6.72. The van der Waals surface area contributed by atoms with Crippen molar-refractivity contribution in [3.63, 3.8) is 0 Å². The minimum absolute atomic E-state index is 0.00978. The average molecular weight is 285 g/mol. The Labute approximate surface area is 122 Å². The maximum Gasteiger partial charge on any atom is 0.0806 e. The van der Waals surface area contributed by atoms with Crippen LogP contribution in [0, 0.1) is 0 Å². The molecule has 0 fully saturated rings. The van der Waals surface area contributed by atoms with Crippen LogP contribution >= 0.6 is 11.3 Å². The van der Waals surface area contributed by atoms with Gasteiger partial charge in [0.05, 0.1) is 5.60 Å². The molecule has 0 aliphatic rings. The van der Waals surface area contributed by atoms with Gasteiger partial charge in [-0.1, -0.05) is 31.2 Å². The van der Waals surface area contributed by atoms with Crippen LogP contribution in [0.15, 0.2) is 42.5 Å². The summed E-state index contributed by atoms with van der Waals surface area (Å²) < 4.78 is 2.59. The van der Waals surface area contributed by atoms with Crippen molar-refractivity contribution in [1.82, 2.24) is 0 Å². The van der Waals surface area contributed by atoms with Gasteiger partial charge in [0.15, 0.2) is 0 Å². The summed E-state index contributed by atoms with van der Waals surface area (Å²) in [5.74, 6) is 0.00978. The molecule has 1 heterocycles. The van der Waals surface area contributed by atoms with Gasteiger partial charge in [-0.3, -0.25) is 0 Å². The highest BCUT2D eigenvalue weighted by molar-refractivity contribution is 7.25. The van der Waals surface area contributed by atoms with E-state index < -0.39 is 5.60 Å². The molecule has 2 aromatic carbocycles. The fourth-order valence-corrected chi connectivity index (χ4v) is 3.64. The lowest BCUT2D eigenvalue weighted by atomic mass is 9.84. The molecular formula is C17H19NOS. The lowest BCUT2D eigenvalue weighted by Gasteiger charge is -2.29. The minimum Gasteiger partial charge on any atom is -0.388 e. The van der Waals surface area contributed by atoms with Crippen LogP contribution in [0.1, 0.15) is 25.3 Å². The van der Waals surface area contributed by atoms with E-state index in [-0.39, 0.29) is 12.5 Å². The smallest absolute Gasteiger partial charge is 0.0806 e. The first-order valence-electron chi connectivity index (χ1n) is 6.86. The van der Waals surface area contributed by atoms with Crippen molar-refractivity contribution in [3.8, 4) is 0 Å². The van der Waals surface area contributed by atoms with E-state index in [9.17, 15) is 5.11 Å². The minimum atomic E-state index is -0.875. The maximum absolute atomic E-state index is 10.4. The first kappa shape index (κ1) is 13.6. The summed E-state index contributed by atoms with van der Waals surface area (Å²) in [6.45, 7) is 4.09. The highest BCUT2D eigenvalue weighted by Crippen LogP contribution is 2.37. The largest absolute Gasteiger partial charge is 0.388 e. The van der Waals surface area contributed by atoms with E-state index in [4.69, 9.17) is 5.73 Å². The molecule has 3 rings (SSSR count). The Bertz CT molecular complexity index is 760. The number of rotatable bonds is 3. The van der Waals surface area contributed by atoms with E-state index >= 15 is 0 Å². The van der Waals surface area contributed by atoms with Crippen molar-refractivity contribution in [1.29, 1.82) is 0 Å². The maximum atomic E-state index is 10.4. The Hall–Kier alpha value is -1.42. The molecular weight excluding hydrogens is 266 g/mol. The van der Waals surface area contributed by atoms with Gasteiger partial charge in [-0.05, 0) is 30.7 Å². The molecule has 0 spiro atoms. The van der Waals surface area contributed by atoms with Crippen LogP contribution in [0.2, 0.25) is 0 Å². The number of aliphatic hydroxyl groups is 1. The molecule has 0 amide bonds. The van der Waals surface area contributed by atoms with Crippen molar-refractivity contribution >= 4 is 31.5 Å². The van der Waals surface area contributed by atoms with Crippen molar-refractivity contribution in [2.75, 3.05) is 6.54 Å². The Balaban J connectivity index is 2.17. The summed E-state index contributed by atoms with van der Waals surface area (Å²) in [5, 5.41) is 12.9. The Morgan fingerprint density at radius 3 is 2.60 bits per heavy atom. The number of nitrogens with two attached hydrogens (primary N) is 1. The topological polar surface area (TPSA) is 46.2 Å². The molecule has 2 atom stereocenters. The zero-order valence-corrected chi connectivity index (χ0v) is 12.6. The van der Waals surface area contributed by atoms with Crippen LogP contribution in [-0.2, 0) is 0 Å².